The fourth-order valence-corrected chi connectivity index (χ4v) is 3.29. The first-order valence-electron chi connectivity index (χ1n) is 8.39. The Bertz CT molecular complexity index is 795. The predicted molar refractivity (Wildman–Crippen MR) is 90.3 cm³/mol. The van der Waals surface area contributed by atoms with Crippen LogP contribution in [0.3, 0.4) is 0 Å². The van der Waals surface area contributed by atoms with Crippen LogP contribution in [0.15, 0.2) is 40.9 Å². The zero-order valence-electron chi connectivity index (χ0n) is 13.8. The van der Waals surface area contributed by atoms with E-state index >= 15 is 0 Å². The van der Waals surface area contributed by atoms with Gasteiger partial charge in [0, 0.05) is 24.9 Å². The molecule has 1 aliphatic heterocycles. The Labute approximate surface area is 140 Å². The van der Waals surface area contributed by atoms with Gasteiger partial charge in [0.15, 0.2) is 11.7 Å². The van der Waals surface area contributed by atoms with Crippen LogP contribution in [0, 0.1) is 6.92 Å². The molecule has 1 aliphatic rings. The van der Waals surface area contributed by atoms with Crippen molar-refractivity contribution in [1.29, 1.82) is 0 Å². The molecule has 0 spiro atoms. The van der Waals surface area contributed by atoms with Crippen molar-refractivity contribution in [3.05, 3.63) is 54.0 Å². The van der Waals surface area contributed by atoms with Gasteiger partial charge in [-0.2, -0.15) is 5.10 Å². The molecule has 6 heteroatoms. The van der Waals surface area contributed by atoms with E-state index in [-0.39, 0.29) is 0 Å². The van der Waals surface area contributed by atoms with E-state index < -0.39 is 0 Å². The molecule has 0 amide bonds. The van der Waals surface area contributed by atoms with Crippen molar-refractivity contribution in [3.63, 3.8) is 0 Å². The number of piperidine rings is 1. The minimum Gasteiger partial charge on any atom is -0.445 e. The highest BCUT2D eigenvalue weighted by Crippen LogP contribution is 2.27. The average molecular weight is 323 g/mol. The molecule has 1 unspecified atom stereocenters. The Kier molecular flexibility index (Phi) is 4.13. The zero-order valence-corrected chi connectivity index (χ0v) is 13.8. The first-order valence-corrected chi connectivity index (χ1v) is 8.39. The van der Waals surface area contributed by atoms with Gasteiger partial charge >= 0.3 is 0 Å². The fourth-order valence-electron chi connectivity index (χ4n) is 3.29. The molecule has 24 heavy (non-hydrogen) atoms. The minimum absolute atomic E-state index is 0.382. The number of oxazole rings is 1. The molecular weight excluding hydrogens is 302 g/mol. The molecule has 0 bridgehead atoms. The summed E-state index contributed by atoms with van der Waals surface area (Å²) in [6.07, 6.45) is 4.11. The predicted octanol–water partition coefficient (Wildman–Crippen LogP) is 3.15. The van der Waals surface area contributed by atoms with Crippen molar-refractivity contribution in [2.24, 2.45) is 0 Å². The zero-order chi connectivity index (χ0) is 16.4. The van der Waals surface area contributed by atoms with Crippen molar-refractivity contribution in [2.75, 3.05) is 13.1 Å². The molecular formula is C18H21N5O. The van der Waals surface area contributed by atoms with E-state index in [0.717, 1.165) is 61.3 Å². The maximum Gasteiger partial charge on any atom is 0.191 e. The largest absolute Gasteiger partial charge is 0.445 e. The Balaban J connectivity index is 1.45. The molecule has 0 aliphatic carbocycles. The third-order valence-corrected chi connectivity index (χ3v) is 4.48. The standard InChI is InChI=1S/C18H21N5O/c1-13-19-10-16(24-13)12-23-9-5-8-15(11-23)18-20-17(21-22-18)14-6-3-2-4-7-14/h2-4,6-7,10,15H,5,8-9,11-12H2,1H3,(H,20,21,22). The lowest BCUT2D eigenvalue weighted by atomic mass is 9.97. The van der Waals surface area contributed by atoms with Gasteiger partial charge in [0.1, 0.15) is 11.6 Å². The van der Waals surface area contributed by atoms with Gasteiger partial charge in [0.2, 0.25) is 0 Å². The molecule has 3 heterocycles. The molecule has 1 aromatic carbocycles. The van der Waals surface area contributed by atoms with Gasteiger partial charge in [-0.05, 0) is 19.4 Å². The van der Waals surface area contributed by atoms with Crippen molar-refractivity contribution in [2.45, 2.75) is 32.2 Å². The van der Waals surface area contributed by atoms with Gasteiger partial charge in [-0.15, -0.1) is 0 Å². The summed E-state index contributed by atoms with van der Waals surface area (Å²) in [5.41, 5.74) is 1.05. The van der Waals surface area contributed by atoms with Crippen molar-refractivity contribution >= 4 is 0 Å². The number of rotatable bonds is 4. The highest BCUT2D eigenvalue weighted by atomic mass is 16.4. The second-order valence-corrected chi connectivity index (χ2v) is 6.33. The summed E-state index contributed by atoms with van der Waals surface area (Å²) < 4.78 is 5.60. The van der Waals surface area contributed by atoms with E-state index in [9.17, 15) is 0 Å². The summed E-state index contributed by atoms with van der Waals surface area (Å²) in [5, 5.41) is 7.53. The number of H-pyrrole nitrogens is 1. The van der Waals surface area contributed by atoms with Gasteiger partial charge in [0.25, 0.3) is 0 Å². The van der Waals surface area contributed by atoms with E-state index in [1.165, 1.54) is 0 Å². The van der Waals surface area contributed by atoms with E-state index in [2.05, 4.69) is 20.1 Å². The van der Waals surface area contributed by atoms with Crippen LogP contribution in [-0.4, -0.2) is 38.2 Å². The number of nitrogens with one attached hydrogen (secondary N) is 1. The molecule has 1 atom stereocenters. The molecule has 1 saturated heterocycles. The minimum atomic E-state index is 0.382. The van der Waals surface area contributed by atoms with E-state index in [1.807, 2.05) is 43.5 Å². The van der Waals surface area contributed by atoms with E-state index in [0.29, 0.717) is 5.92 Å². The maximum atomic E-state index is 5.60. The first kappa shape index (κ1) is 15.1. The lowest BCUT2D eigenvalue weighted by Crippen LogP contribution is -2.34. The summed E-state index contributed by atoms with van der Waals surface area (Å²) in [6.45, 7) is 4.72. The summed E-state index contributed by atoms with van der Waals surface area (Å²) >= 11 is 0. The maximum absolute atomic E-state index is 5.60. The Morgan fingerprint density at radius 2 is 2.17 bits per heavy atom. The molecule has 0 radical (unpaired) electrons. The molecule has 1 fully saturated rings. The summed E-state index contributed by atoms with van der Waals surface area (Å²) in [7, 11) is 0. The SMILES string of the molecule is Cc1ncc(CN2CCCC(c3nc(-c4ccccc4)n[nH]3)C2)o1. The molecule has 0 saturated carbocycles. The topological polar surface area (TPSA) is 70.8 Å². The number of hydrogen-bond donors (Lipinski definition) is 1. The number of hydrogen-bond acceptors (Lipinski definition) is 5. The van der Waals surface area contributed by atoms with E-state index in [1.54, 1.807) is 0 Å². The number of likely N-dealkylation sites (tertiary alicyclic amines) is 1. The van der Waals surface area contributed by atoms with Crippen LogP contribution in [0.4, 0.5) is 0 Å². The normalized spacial score (nSPS) is 18.8. The summed E-state index contributed by atoms with van der Waals surface area (Å²) in [4.78, 5) is 11.3. The quantitative estimate of drug-likeness (QED) is 0.798. The van der Waals surface area contributed by atoms with Crippen molar-refractivity contribution in [3.8, 4) is 11.4 Å². The third kappa shape index (κ3) is 3.23. The van der Waals surface area contributed by atoms with Crippen molar-refractivity contribution in [1.82, 2.24) is 25.1 Å². The van der Waals surface area contributed by atoms with Gasteiger partial charge in [-0.25, -0.2) is 9.97 Å². The molecule has 1 N–H and O–H groups in total. The van der Waals surface area contributed by atoms with Crippen molar-refractivity contribution < 1.29 is 4.42 Å². The second-order valence-electron chi connectivity index (χ2n) is 6.33. The van der Waals surface area contributed by atoms with Gasteiger partial charge in [-0.1, -0.05) is 30.3 Å². The van der Waals surface area contributed by atoms with Crippen LogP contribution < -0.4 is 0 Å². The number of benzene rings is 1. The number of aryl methyl sites for hydroxylation is 1. The van der Waals surface area contributed by atoms with Crippen LogP contribution in [0.5, 0.6) is 0 Å². The highest BCUT2D eigenvalue weighted by Gasteiger charge is 2.25. The third-order valence-electron chi connectivity index (χ3n) is 4.48. The number of aromatic nitrogens is 4. The molecule has 3 aromatic rings. The molecule has 124 valence electrons. The van der Waals surface area contributed by atoms with Gasteiger partial charge < -0.3 is 4.42 Å². The van der Waals surface area contributed by atoms with Crippen LogP contribution in [0.1, 0.15) is 36.2 Å². The van der Waals surface area contributed by atoms with Crippen LogP contribution >= 0.6 is 0 Å². The lowest BCUT2D eigenvalue weighted by Gasteiger charge is -2.30. The Morgan fingerprint density at radius 3 is 2.96 bits per heavy atom. The number of aromatic amines is 1. The van der Waals surface area contributed by atoms with Crippen LogP contribution in [-0.2, 0) is 6.54 Å². The Hall–Kier alpha value is -2.47. The molecule has 2 aromatic heterocycles. The summed E-state index contributed by atoms with van der Waals surface area (Å²) in [5.74, 6) is 3.78. The van der Waals surface area contributed by atoms with Gasteiger partial charge in [-0.3, -0.25) is 10.00 Å². The average Bonchev–Trinajstić information content (AvgIpc) is 3.25. The fraction of sp³-hybridized carbons (Fsp3) is 0.389. The molecule has 4 rings (SSSR count). The highest BCUT2D eigenvalue weighted by molar-refractivity contribution is 5.53. The second kappa shape index (κ2) is 6.57. The molecule has 6 nitrogen and oxygen atoms in total. The number of nitrogens with zero attached hydrogens (tertiary/aromatic N) is 4. The monoisotopic (exact) mass is 323 g/mol. The Morgan fingerprint density at radius 1 is 1.29 bits per heavy atom. The van der Waals surface area contributed by atoms with Crippen LogP contribution in [0.25, 0.3) is 11.4 Å². The van der Waals surface area contributed by atoms with Crippen LogP contribution in [0.2, 0.25) is 0 Å². The lowest BCUT2D eigenvalue weighted by molar-refractivity contribution is 0.183. The smallest absolute Gasteiger partial charge is 0.191 e. The van der Waals surface area contributed by atoms with E-state index in [4.69, 9.17) is 9.40 Å². The summed E-state index contributed by atoms with van der Waals surface area (Å²) in [6, 6.07) is 10.1. The van der Waals surface area contributed by atoms with Gasteiger partial charge in [0.05, 0.1) is 12.7 Å². The first-order chi connectivity index (χ1) is 11.8.